The van der Waals surface area contributed by atoms with Crippen molar-refractivity contribution in [1.82, 2.24) is 10.6 Å². The molecule has 1 amide bonds. The van der Waals surface area contributed by atoms with Gasteiger partial charge in [-0.15, -0.1) is 11.3 Å². The molecule has 1 aromatic carbocycles. The van der Waals surface area contributed by atoms with Gasteiger partial charge in [0.25, 0.3) is 5.91 Å². The largest absolute Gasteiger partial charge is 0.491 e. The van der Waals surface area contributed by atoms with Gasteiger partial charge >= 0.3 is 0 Å². The predicted molar refractivity (Wildman–Crippen MR) is 84.2 cm³/mol. The Kier molecular flexibility index (Phi) is 3.94. The number of nitrogens with one attached hydrogen (secondary N) is 2. The first-order valence-corrected chi connectivity index (χ1v) is 7.79. The highest BCUT2D eigenvalue weighted by molar-refractivity contribution is 7.12. The number of benzene rings is 1. The van der Waals surface area contributed by atoms with E-state index in [0.29, 0.717) is 24.5 Å². The second-order valence-corrected chi connectivity index (χ2v) is 6.35. The molecule has 1 aliphatic rings. The lowest BCUT2D eigenvalue weighted by atomic mass is 10.0. The average Bonchev–Trinajstić information content (AvgIpc) is 2.82. The van der Waals surface area contributed by atoms with Crippen LogP contribution in [0.25, 0.3) is 0 Å². The Labute approximate surface area is 128 Å². The Morgan fingerprint density at radius 3 is 2.90 bits per heavy atom. The van der Waals surface area contributed by atoms with Crippen LogP contribution < -0.4 is 15.4 Å². The molecule has 110 valence electrons. The Balaban J connectivity index is 2.00. The number of hydrogen-bond donors (Lipinski definition) is 2. The quantitative estimate of drug-likeness (QED) is 0.916. The zero-order chi connectivity index (χ0) is 14.8. The van der Waals surface area contributed by atoms with Gasteiger partial charge in [-0.1, -0.05) is 6.07 Å². The van der Waals surface area contributed by atoms with E-state index in [1.54, 1.807) is 11.3 Å². The lowest BCUT2D eigenvalue weighted by molar-refractivity contribution is 0.0957. The van der Waals surface area contributed by atoms with E-state index >= 15 is 0 Å². The summed E-state index contributed by atoms with van der Waals surface area (Å²) in [6, 6.07) is 10.2. The van der Waals surface area contributed by atoms with E-state index in [1.807, 2.05) is 25.2 Å². The summed E-state index contributed by atoms with van der Waals surface area (Å²) in [5.41, 5.74) is 1.68. The molecule has 0 saturated carbocycles. The van der Waals surface area contributed by atoms with Crippen LogP contribution in [-0.2, 0) is 0 Å². The molecule has 2 heterocycles. The van der Waals surface area contributed by atoms with Crippen molar-refractivity contribution in [3.05, 3.63) is 51.2 Å². The van der Waals surface area contributed by atoms with Crippen molar-refractivity contribution in [1.29, 1.82) is 0 Å². The number of carbonyl (C=O) groups is 1. The number of ether oxygens (including phenoxy) is 1. The minimum absolute atomic E-state index is 0.0680. The monoisotopic (exact) mass is 302 g/mol. The first-order chi connectivity index (χ1) is 10.2. The molecule has 1 aromatic heterocycles. The maximum Gasteiger partial charge on any atom is 0.255 e. The van der Waals surface area contributed by atoms with Crippen LogP contribution >= 0.6 is 11.3 Å². The smallest absolute Gasteiger partial charge is 0.255 e. The third-order valence-corrected chi connectivity index (χ3v) is 4.63. The van der Waals surface area contributed by atoms with Crippen molar-refractivity contribution in [2.75, 3.05) is 20.2 Å². The molecule has 0 radical (unpaired) electrons. The molecule has 0 fully saturated rings. The summed E-state index contributed by atoms with van der Waals surface area (Å²) in [7, 11) is 1.93. The van der Waals surface area contributed by atoms with Crippen molar-refractivity contribution in [2.45, 2.75) is 13.0 Å². The maximum atomic E-state index is 12.1. The zero-order valence-electron chi connectivity index (χ0n) is 12.1. The molecular formula is C16H18N2O2S. The van der Waals surface area contributed by atoms with Gasteiger partial charge in [0.2, 0.25) is 0 Å². The van der Waals surface area contributed by atoms with Crippen molar-refractivity contribution >= 4 is 17.2 Å². The highest BCUT2D eigenvalue weighted by Crippen LogP contribution is 2.31. The first-order valence-electron chi connectivity index (χ1n) is 6.97. The SMILES string of the molecule is CNC(c1ccc2c(c1)C(=O)NCCO2)c1ccc(C)s1. The lowest BCUT2D eigenvalue weighted by Gasteiger charge is -2.17. The van der Waals surface area contributed by atoms with Gasteiger partial charge in [-0.3, -0.25) is 4.79 Å². The second-order valence-electron chi connectivity index (χ2n) is 5.03. The Morgan fingerprint density at radius 2 is 2.19 bits per heavy atom. The Bertz CT molecular complexity index is 666. The molecule has 1 aliphatic heterocycles. The van der Waals surface area contributed by atoms with Crippen molar-refractivity contribution in [2.24, 2.45) is 0 Å². The molecule has 2 N–H and O–H groups in total. The van der Waals surface area contributed by atoms with Gasteiger partial charge in [-0.2, -0.15) is 0 Å². The lowest BCUT2D eigenvalue weighted by Crippen LogP contribution is -2.24. The van der Waals surface area contributed by atoms with Gasteiger partial charge in [0.15, 0.2) is 0 Å². The third kappa shape index (κ3) is 2.80. The summed E-state index contributed by atoms with van der Waals surface area (Å²) >= 11 is 1.76. The molecular weight excluding hydrogens is 284 g/mol. The number of hydrogen-bond acceptors (Lipinski definition) is 4. The van der Waals surface area contributed by atoms with Gasteiger partial charge < -0.3 is 15.4 Å². The molecule has 3 rings (SSSR count). The van der Waals surface area contributed by atoms with E-state index < -0.39 is 0 Å². The summed E-state index contributed by atoms with van der Waals surface area (Å²) in [6.45, 7) is 3.15. The highest BCUT2D eigenvalue weighted by Gasteiger charge is 2.20. The number of rotatable bonds is 3. The highest BCUT2D eigenvalue weighted by atomic mass is 32.1. The van der Waals surface area contributed by atoms with Gasteiger partial charge in [-0.05, 0) is 43.8 Å². The molecule has 0 spiro atoms. The van der Waals surface area contributed by atoms with Crippen molar-refractivity contribution in [3.8, 4) is 5.75 Å². The molecule has 4 nitrogen and oxygen atoms in total. The van der Waals surface area contributed by atoms with Gasteiger partial charge in [0.1, 0.15) is 12.4 Å². The fraction of sp³-hybridized carbons (Fsp3) is 0.312. The Morgan fingerprint density at radius 1 is 1.33 bits per heavy atom. The standard InChI is InChI=1S/C16H18N2O2S/c1-10-3-6-14(21-10)15(17-2)11-4-5-13-12(9-11)16(19)18-7-8-20-13/h3-6,9,15,17H,7-8H2,1-2H3,(H,18,19). The van der Waals surface area contributed by atoms with Crippen LogP contribution in [0.4, 0.5) is 0 Å². The normalized spacial score (nSPS) is 15.6. The zero-order valence-corrected chi connectivity index (χ0v) is 12.9. The second kappa shape index (κ2) is 5.87. The fourth-order valence-corrected chi connectivity index (χ4v) is 3.55. The van der Waals surface area contributed by atoms with E-state index in [1.165, 1.54) is 9.75 Å². The van der Waals surface area contributed by atoms with Crippen LogP contribution in [0.1, 0.15) is 31.7 Å². The Hall–Kier alpha value is -1.85. The molecule has 0 aliphatic carbocycles. The summed E-state index contributed by atoms with van der Waals surface area (Å²) in [5.74, 6) is 0.590. The average molecular weight is 302 g/mol. The number of amides is 1. The van der Waals surface area contributed by atoms with E-state index in [4.69, 9.17) is 4.74 Å². The summed E-state index contributed by atoms with van der Waals surface area (Å²) in [4.78, 5) is 14.6. The molecule has 21 heavy (non-hydrogen) atoms. The minimum Gasteiger partial charge on any atom is -0.491 e. The number of thiophene rings is 1. The van der Waals surface area contributed by atoms with Crippen LogP contribution in [0.15, 0.2) is 30.3 Å². The summed E-state index contributed by atoms with van der Waals surface area (Å²) in [5, 5.41) is 6.17. The molecule has 1 atom stereocenters. The molecule has 0 bridgehead atoms. The first kappa shape index (κ1) is 14.1. The van der Waals surface area contributed by atoms with Gasteiger partial charge in [-0.25, -0.2) is 0 Å². The van der Waals surface area contributed by atoms with Crippen LogP contribution in [0, 0.1) is 6.92 Å². The van der Waals surface area contributed by atoms with E-state index in [9.17, 15) is 4.79 Å². The minimum atomic E-state index is -0.0680. The van der Waals surface area contributed by atoms with Crippen molar-refractivity contribution in [3.63, 3.8) is 0 Å². The molecule has 0 saturated heterocycles. The molecule has 2 aromatic rings. The molecule has 1 unspecified atom stereocenters. The topological polar surface area (TPSA) is 50.4 Å². The van der Waals surface area contributed by atoms with E-state index in [-0.39, 0.29) is 11.9 Å². The van der Waals surface area contributed by atoms with Gasteiger partial charge in [0.05, 0.1) is 18.2 Å². The molecule has 5 heteroatoms. The third-order valence-electron chi connectivity index (χ3n) is 3.56. The number of fused-ring (bicyclic) bond motifs is 1. The fourth-order valence-electron chi connectivity index (χ4n) is 2.53. The summed E-state index contributed by atoms with van der Waals surface area (Å²) < 4.78 is 5.60. The van der Waals surface area contributed by atoms with E-state index in [0.717, 1.165) is 5.56 Å². The maximum absolute atomic E-state index is 12.1. The van der Waals surface area contributed by atoms with Crippen LogP contribution in [0.2, 0.25) is 0 Å². The number of aryl methyl sites for hydroxylation is 1. The van der Waals surface area contributed by atoms with Crippen LogP contribution in [0.3, 0.4) is 0 Å². The van der Waals surface area contributed by atoms with Crippen LogP contribution in [0.5, 0.6) is 5.75 Å². The summed E-state index contributed by atoms with van der Waals surface area (Å²) in [6.07, 6.45) is 0. The van der Waals surface area contributed by atoms with Gasteiger partial charge in [0, 0.05) is 9.75 Å². The number of carbonyl (C=O) groups excluding carboxylic acids is 1. The van der Waals surface area contributed by atoms with Crippen LogP contribution in [-0.4, -0.2) is 26.1 Å². The predicted octanol–water partition coefficient (Wildman–Crippen LogP) is 2.49. The van der Waals surface area contributed by atoms with Crippen molar-refractivity contribution < 1.29 is 9.53 Å². The van der Waals surface area contributed by atoms with E-state index in [2.05, 4.69) is 29.7 Å².